The molecule has 1 heterocycles. The monoisotopic (exact) mass is 372 g/mol. The Morgan fingerprint density at radius 3 is 2.46 bits per heavy atom. The minimum Gasteiger partial charge on any atom is -0.338 e. The lowest BCUT2D eigenvalue weighted by Gasteiger charge is -2.32. The largest absolute Gasteiger partial charge is 0.338 e. The SMILES string of the molecule is CSc1ccc(NC(=O)C2CCCN(C(=O)c3ccc(F)cc3)C2)cc1. The molecule has 26 heavy (non-hydrogen) atoms. The quantitative estimate of drug-likeness (QED) is 0.824. The van der Waals surface area contributed by atoms with Crippen LogP contribution in [0.15, 0.2) is 53.4 Å². The summed E-state index contributed by atoms with van der Waals surface area (Å²) in [6.45, 7) is 0.993. The van der Waals surface area contributed by atoms with Gasteiger partial charge in [-0.3, -0.25) is 9.59 Å². The van der Waals surface area contributed by atoms with Crippen LogP contribution in [-0.2, 0) is 4.79 Å². The van der Waals surface area contributed by atoms with Crippen LogP contribution in [0.4, 0.5) is 10.1 Å². The molecule has 0 aliphatic carbocycles. The van der Waals surface area contributed by atoms with Gasteiger partial charge in [-0.25, -0.2) is 4.39 Å². The fraction of sp³-hybridized carbons (Fsp3) is 0.300. The number of carbonyl (C=O) groups is 2. The Kier molecular flexibility index (Phi) is 5.93. The van der Waals surface area contributed by atoms with Crippen molar-refractivity contribution in [1.82, 2.24) is 4.90 Å². The third kappa shape index (κ3) is 4.43. The molecule has 4 nitrogen and oxygen atoms in total. The predicted octanol–water partition coefficient (Wildman–Crippen LogP) is 4.04. The number of benzene rings is 2. The minimum absolute atomic E-state index is 0.0708. The molecule has 1 aliphatic rings. The molecule has 0 bridgehead atoms. The van der Waals surface area contributed by atoms with E-state index in [2.05, 4.69) is 5.32 Å². The molecular weight excluding hydrogens is 351 g/mol. The van der Waals surface area contributed by atoms with Gasteiger partial charge < -0.3 is 10.2 Å². The van der Waals surface area contributed by atoms with E-state index in [0.29, 0.717) is 18.7 Å². The molecule has 1 saturated heterocycles. The highest BCUT2D eigenvalue weighted by molar-refractivity contribution is 7.98. The van der Waals surface area contributed by atoms with Gasteiger partial charge in [-0.05, 0) is 67.6 Å². The van der Waals surface area contributed by atoms with Gasteiger partial charge in [-0.15, -0.1) is 11.8 Å². The number of hydrogen-bond donors (Lipinski definition) is 1. The molecule has 1 N–H and O–H groups in total. The third-order valence-corrected chi connectivity index (χ3v) is 5.27. The highest BCUT2D eigenvalue weighted by Gasteiger charge is 2.29. The number of likely N-dealkylation sites (tertiary alicyclic amines) is 1. The molecule has 6 heteroatoms. The van der Waals surface area contributed by atoms with E-state index in [0.717, 1.165) is 23.4 Å². The summed E-state index contributed by atoms with van der Waals surface area (Å²) >= 11 is 1.65. The van der Waals surface area contributed by atoms with E-state index < -0.39 is 0 Å². The van der Waals surface area contributed by atoms with Crippen molar-refractivity contribution in [3.8, 4) is 0 Å². The molecule has 3 rings (SSSR count). The first-order chi connectivity index (χ1) is 12.6. The molecule has 1 atom stereocenters. The fourth-order valence-electron chi connectivity index (χ4n) is 3.07. The third-order valence-electron chi connectivity index (χ3n) is 4.53. The maximum absolute atomic E-state index is 13.0. The minimum atomic E-state index is -0.370. The number of rotatable bonds is 4. The fourth-order valence-corrected chi connectivity index (χ4v) is 3.48. The summed E-state index contributed by atoms with van der Waals surface area (Å²) in [6, 6.07) is 13.2. The molecule has 0 saturated carbocycles. The second-order valence-corrected chi connectivity index (χ2v) is 7.19. The van der Waals surface area contributed by atoms with E-state index in [4.69, 9.17) is 0 Å². The first kappa shape index (κ1) is 18.5. The van der Waals surface area contributed by atoms with Crippen LogP contribution in [0.1, 0.15) is 23.2 Å². The van der Waals surface area contributed by atoms with Gasteiger partial charge in [0.25, 0.3) is 5.91 Å². The molecule has 0 spiro atoms. The van der Waals surface area contributed by atoms with Gasteiger partial charge >= 0.3 is 0 Å². The molecular formula is C20H21FN2O2S. The summed E-state index contributed by atoms with van der Waals surface area (Å²) in [5.41, 5.74) is 1.20. The molecule has 2 amide bonds. The van der Waals surface area contributed by atoms with Gasteiger partial charge in [0.05, 0.1) is 5.92 Å². The first-order valence-electron chi connectivity index (χ1n) is 8.56. The Hall–Kier alpha value is -2.34. The summed E-state index contributed by atoms with van der Waals surface area (Å²) in [5.74, 6) is -0.844. The van der Waals surface area contributed by atoms with Crippen LogP contribution in [0.5, 0.6) is 0 Å². The number of halogens is 1. The number of nitrogens with zero attached hydrogens (tertiary/aromatic N) is 1. The summed E-state index contributed by atoms with van der Waals surface area (Å²) in [4.78, 5) is 28.0. The van der Waals surface area contributed by atoms with Crippen molar-refractivity contribution in [3.63, 3.8) is 0 Å². The van der Waals surface area contributed by atoms with Crippen molar-refractivity contribution >= 4 is 29.3 Å². The van der Waals surface area contributed by atoms with Crippen molar-refractivity contribution in [2.45, 2.75) is 17.7 Å². The van der Waals surface area contributed by atoms with Crippen LogP contribution in [0.2, 0.25) is 0 Å². The van der Waals surface area contributed by atoms with Crippen molar-refractivity contribution in [1.29, 1.82) is 0 Å². The Morgan fingerprint density at radius 2 is 1.81 bits per heavy atom. The van der Waals surface area contributed by atoms with Crippen LogP contribution in [-0.4, -0.2) is 36.1 Å². The van der Waals surface area contributed by atoms with Crippen LogP contribution in [0.25, 0.3) is 0 Å². The smallest absolute Gasteiger partial charge is 0.253 e. The number of nitrogens with one attached hydrogen (secondary N) is 1. The standard InChI is InChI=1S/C20H21FN2O2S/c1-26-18-10-8-17(9-11-18)22-19(24)15-3-2-12-23(13-15)20(25)14-4-6-16(21)7-5-14/h4-11,15H,2-3,12-13H2,1H3,(H,22,24). The Labute approximate surface area is 156 Å². The lowest BCUT2D eigenvalue weighted by Crippen LogP contribution is -2.43. The van der Waals surface area contributed by atoms with E-state index >= 15 is 0 Å². The van der Waals surface area contributed by atoms with E-state index in [9.17, 15) is 14.0 Å². The topological polar surface area (TPSA) is 49.4 Å². The number of hydrogen-bond acceptors (Lipinski definition) is 3. The number of anilines is 1. The Morgan fingerprint density at radius 1 is 1.12 bits per heavy atom. The van der Waals surface area contributed by atoms with Gasteiger partial charge in [-0.2, -0.15) is 0 Å². The molecule has 1 unspecified atom stereocenters. The number of thioether (sulfide) groups is 1. The first-order valence-corrected chi connectivity index (χ1v) is 9.79. The summed E-state index contributed by atoms with van der Waals surface area (Å²) in [5, 5.41) is 2.93. The van der Waals surface area contributed by atoms with Gasteiger partial charge in [-0.1, -0.05) is 0 Å². The summed E-state index contributed by atoms with van der Waals surface area (Å²) in [7, 11) is 0. The van der Waals surface area contributed by atoms with Crippen LogP contribution >= 0.6 is 11.8 Å². The van der Waals surface area contributed by atoms with E-state index in [1.165, 1.54) is 24.3 Å². The van der Waals surface area contributed by atoms with E-state index in [1.54, 1.807) is 16.7 Å². The maximum Gasteiger partial charge on any atom is 0.253 e. The van der Waals surface area contributed by atoms with Gasteiger partial charge in [0.15, 0.2) is 0 Å². The summed E-state index contributed by atoms with van der Waals surface area (Å²) < 4.78 is 13.0. The Balaban J connectivity index is 1.62. The summed E-state index contributed by atoms with van der Waals surface area (Å²) in [6.07, 6.45) is 3.53. The van der Waals surface area contributed by atoms with Gasteiger partial charge in [0, 0.05) is 29.2 Å². The van der Waals surface area contributed by atoms with Crippen LogP contribution < -0.4 is 5.32 Å². The molecule has 0 aromatic heterocycles. The average Bonchev–Trinajstić information content (AvgIpc) is 2.68. The van der Waals surface area contributed by atoms with Gasteiger partial charge in [0.2, 0.25) is 5.91 Å². The van der Waals surface area contributed by atoms with Crippen molar-refractivity contribution in [3.05, 3.63) is 59.9 Å². The Bertz CT molecular complexity index is 777. The van der Waals surface area contributed by atoms with Crippen LogP contribution in [0, 0.1) is 11.7 Å². The number of amides is 2. The molecule has 136 valence electrons. The van der Waals surface area contributed by atoms with Crippen molar-refractivity contribution in [2.24, 2.45) is 5.92 Å². The highest BCUT2D eigenvalue weighted by Crippen LogP contribution is 2.22. The zero-order valence-corrected chi connectivity index (χ0v) is 15.4. The normalized spacial score (nSPS) is 17.0. The zero-order chi connectivity index (χ0) is 18.5. The molecule has 0 radical (unpaired) electrons. The van der Waals surface area contributed by atoms with E-state index in [1.807, 2.05) is 30.5 Å². The zero-order valence-electron chi connectivity index (χ0n) is 14.6. The average molecular weight is 372 g/mol. The predicted molar refractivity (Wildman–Crippen MR) is 102 cm³/mol. The second kappa shape index (κ2) is 8.36. The van der Waals surface area contributed by atoms with Crippen molar-refractivity contribution in [2.75, 3.05) is 24.7 Å². The highest BCUT2D eigenvalue weighted by atomic mass is 32.2. The lowest BCUT2D eigenvalue weighted by atomic mass is 9.96. The molecule has 1 aliphatic heterocycles. The van der Waals surface area contributed by atoms with Gasteiger partial charge in [0.1, 0.15) is 5.82 Å². The number of carbonyl (C=O) groups excluding carboxylic acids is 2. The van der Waals surface area contributed by atoms with E-state index in [-0.39, 0.29) is 23.5 Å². The van der Waals surface area contributed by atoms with Crippen molar-refractivity contribution < 1.29 is 14.0 Å². The molecule has 2 aromatic carbocycles. The lowest BCUT2D eigenvalue weighted by molar-refractivity contribution is -0.121. The second-order valence-electron chi connectivity index (χ2n) is 6.31. The number of piperidine rings is 1. The maximum atomic E-state index is 13.0. The molecule has 2 aromatic rings. The molecule has 1 fully saturated rings. The van der Waals surface area contributed by atoms with Crippen LogP contribution in [0.3, 0.4) is 0 Å².